The molecule has 1 aromatic carbocycles. The van der Waals surface area contributed by atoms with Gasteiger partial charge < -0.3 is 5.32 Å². The van der Waals surface area contributed by atoms with Gasteiger partial charge in [-0.15, -0.1) is 11.3 Å². The van der Waals surface area contributed by atoms with Gasteiger partial charge in [0, 0.05) is 15.9 Å². The molecule has 1 saturated carbocycles. The van der Waals surface area contributed by atoms with Crippen LogP contribution in [0.3, 0.4) is 0 Å². The molecule has 0 aliphatic heterocycles. The van der Waals surface area contributed by atoms with Crippen molar-refractivity contribution in [1.82, 2.24) is 0 Å². The maximum Gasteiger partial charge on any atom is 0.0531 e. The molecule has 29 heavy (non-hydrogen) atoms. The number of hydrogen-bond acceptors (Lipinski definition) is 2. The second kappa shape index (κ2) is 6.87. The van der Waals surface area contributed by atoms with E-state index < -0.39 is 0 Å². The summed E-state index contributed by atoms with van der Waals surface area (Å²) in [6, 6.07) is 9.03. The molecule has 1 N–H and O–H groups in total. The first kappa shape index (κ1) is 21.0. The number of hydrogen-bond donors (Lipinski definition) is 1. The first-order chi connectivity index (χ1) is 13.4. The van der Waals surface area contributed by atoms with Gasteiger partial charge in [-0.05, 0) is 76.5 Å². The van der Waals surface area contributed by atoms with E-state index in [0.717, 1.165) is 11.8 Å². The van der Waals surface area contributed by atoms with Crippen LogP contribution in [0.25, 0.3) is 0 Å². The molecule has 2 heteroatoms. The van der Waals surface area contributed by atoms with E-state index >= 15 is 0 Å². The van der Waals surface area contributed by atoms with E-state index in [1.165, 1.54) is 36.2 Å². The van der Waals surface area contributed by atoms with Crippen molar-refractivity contribution in [2.75, 3.05) is 5.32 Å². The lowest BCUT2D eigenvalue weighted by Gasteiger charge is -2.56. The Balaban J connectivity index is 1.65. The molecule has 0 amide bonds. The van der Waals surface area contributed by atoms with Crippen LogP contribution in [-0.4, -0.2) is 0 Å². The number of fused-ring (bicyclic) bond motifs is 2. The lowest BCUT2D eigenvalue weighted by Crippen LogP contribution is -2.49. The minimum atomic E-state index is 0.197. The minimum absolute atomic E-state index is 0.197. The zero-order chi connectivity index (χ0) is 21.2. The highest BCUT2D eigenvalue weighted by atomic mass is 32.1. The number of anilines is 2. The lowest BCUT2D eigenvalue weighted by atomic mass is 9.48. The van der Waals surface area contributed by atoms with E-state index in [4.69, 9.17) is 0 Å². The van der Waals surface area contributed by atoms with Crippen LogP contribution in [0.15, 0.2) is 29.6 Å². The summed E-state index contributed by atoms with van der Waals surface area (Å²) < 4.78 is 0. The summed E-state index contributed by atoms with van der Waals surface area (Å²) >= 11 is 1.98. The third-order valence-electron chi connectivity index (χ3n) is 8.09. The van der Waals surface area contributed by atoms with E-state index in [1.807, 2.05) is 11.3 Å². The molecule has 0 spiro atoms. The number of benzene rings is 1. The zero-order valence-corrected chi connectivity index (χ0v) is 20.5. The quantitative estimate of drug-likeness (QED) is 0.524. The first-order valence-corrected chi connectivity index (χ1v) is 12.3. The topological polar surface area (TPSA) is 12.0 Å². The number of thiophene rings is 1. The van der Waals surface area contributed by atoms with Crippen molar-refractivity contribution in [1.29, 1.82) is 0 Å². The van der Waals surface area contributed by atoms with Crippen LogP contribution in [0.4, 0.5) is 11.4 Å². The van der Waals surface area contributed by atoms with Crippen LogP contribution < -0.4 is 5.32 Å². The molecule has 2 unspecified atom stereocenters. The van der Waals surface area contributed by atoms with Gasteiger partial charge in [-0.1, -0.05) is 67.5 Å². The molecular formula is C27H39NS. The molecule has 4 rings (SSSR count). The standard InChI is InChI=1S/C27H39NS/c1-17-23-21(28-19-11-9-18(10-12-19)25(2,3)4)16-29-22(23)15-20-24(17)27(7,8)14-13-26(20,5)6/h9-12,16-17,20,24,28H,13-15H2,1-8H3/t17-,20?,24?/m0/s1. The molecule has 158 valence electrons. The molecule has 0 bridgehead atoms. The van der Waals surface area contributed by atoms with Gasteiger partial charge >= 0.3 is 0 Å². The molecule has 2 aliphatic carbocycles. The van der Waals surface area contributed by atoms with Crippen molar-refractivity contribution < 1.29 is 0 Å². The van der Waals surface area contributed by atoms with Crippen LogP contribution in [0.2, 0.25) is 0 Å². The number of rotatable bonds is 2. The molecule has 0 saturated heterocycles. The van der Waals surface area contributed by atoms with Crippen LogP contribution in [0.1, 0.15) is 90.2 Å². The fraction of sp³-hybridized carbons (Fsp3) is 0.630. The summed E-state index contributed by atoms with van der Waals surface area (Å²) in [4.78, 5) is 1.62. The van der Waals surface area contributed by atoms with E-state index in [0.29, 0.717) is 16.7 Å². The molecule has 1 nitrogen and oxygen atoms in total. The van der Waals surface area contributed by atoms with Crippen molar-refractivity contribution >= 4 is 22.7 Å². The summed E-state index contributed by atoms with van der Waals surface area (Å²) in [5.41, 5.74) is 6.61. The smallest absolute Gasteiger partial charge is 0.0531 e. The molecule has 1 aromatic heterocycles. The summed E-state index contributed by atoms with van der Waals surface area (Å²) in [5.74, 6) is 2.17. The monoisotopic (exact) mass is 409 g/mol. The Bertz CT molecular complexity index is 878. The summed E-state index contributed by atoms with van der Waals surface area (Å²) in [5, 5.41) is 6.15. The van der Waals surface area contributed by atoms with Crippen molar-refractivity contribution in [3.8, 4) is 0 Å². The highest BCUT2D eigenvalue weighted by molar-refractivity contribution is 7.10. The van der Waals surface area contributed by atoms with E-state index in [1.54, 1.807) is 10.4 Å². The average molecular weight is 410 g/mol. The maximum atomic E-state index is 3.78. The van der Waals surface area contributed by atoms with Gasteiger partial charge in [0.25, 0.3) is 0 Å². The van der Waals surface area contributed by atoms with Gasteiger partial charge in [0.2, 0.25) is 0 Å². The Labute approximate surface area is 182 Å². The van der Waals surface area contributed by atoms with E-state index in [2.05, 4.69) is 90.4 Å². The van der Waals surface area contributed by atoms with Crippen molar-refractivity contribution in [2.24, 2.45) is 22.7 Å². The molecule has 1 heterocycles. The third kappa shape index (κ3) is 3.67. The van der Waals surface area contributed by atoms with Crippen LogP contribution in [-0.2, 0) is 11.8 Å². The molecular weight excluding hydrogens is 370 g/mol. The Morgan fingerprint density at radius 2 is 1.59 bits per heavy atom. The zero-order valence-electron chi connectivity index (χ0n) is 19.6. The highest BCUT2D eigenvalue weighted by Gasteiger charge is 2.52. The molecule has 0 radical (unpaired) electrons. The fourth-order valence-electron chi connectivity index (χ4n) is 6.21. The van der Waals surface area contributed by atoms with Gasteiger partial charge in [-0.25, -0.2) is 0 Å². The maximum absolute atomic E-state index is 3.78. The largest absolute Gasteiger partial charge is 0.355 e. The predicted molar refractivity (Wildman–Crippen MR) is 129 cm³/mol. The van der Waals surface area contributed by atoms with Gasteiger partial charge in [0.15, 0.2) is 0 Å². The minimum Gasteiger partial charge on any atom is -0.355 e. The summed E-state index contributed by atoms with van der Waals surface area (Å²) in [6.45, 7) is 19.4. The Morgan fingerprint density at radius 1 is 0.966 bits per heavy atom. The van der Waals surface area contributed by atoms with Crippen LogP contribution >= 0.6 is 11.3 Å². The lowest BCUT2D eigenvalue weighted by molar-refractivity contribution is -0.0368. The van der Waals surface area contributed by atoms with Crippen molar-refractivity contribution in [2.45, 2.75) is 86.0 Å². The van der Waals surface area contributed by atoms with E-state index in [-0.39, 0.29) is 5.41 Å². The Kier molecular flexibility index (Phi) is 4.97. The Hall–Kier alpha value is -1.28. The number of nitrogens with one attached hydrogen (secondary N) is 1. The van der Waals surface area contributed by atoms with Crippen LogP contribution in [0.5, 0.6) is 0 Å². The summed E-state index contributed by atoms with van der Waals surface area (Å²) in [7, 11) is 0. The molecule has 3 atom stereocenters. The Morgan fingerprint density at radius 3 is 2.21 bits per heavy atom. The second-order valence-electron chi connectivity index (χ2n) is 12.0. The molecule has 1 fully saturated rings. The fourth-order valence-corrected chi connectivity index (χ4v) is 7.35. The van der Waals surface area contributed by atoms with Crippen molar-refractivity contribution in [3.05, 3.63) is 45.6 Å². The normalized spacial score (nSPS) is 27.8. The highest BCUT2D eigenvalue weighted by Crippen LogP contribution is 2.62. The van der Waals surface area contributed by atoms with Gasteiger partial charge in [0.1, 0.15) is 0 Å². The van der Waals surface area contributed by atoms with Gasteiger partial charge in [0.05, 0.1) is 5.69 Å². The van der Waals surface area contributed by atoms with E-state index in [9.17, 15) is 0 Å². The predicted octanol–water partition coefficient (Wildman–Crippen LogP) is 8.53. The third-order valence-corrected chi connectivity index (χ3v) is 9.12. The summed E-state index contributed by atoms with van der Waals surface area (Å²) in [6.07, 6.45) is 3.97. The molecule has 2 aromatic rings. The van der Waals surface area contributed by atoms with Gasteiger partial charge in [-0.3, -0.25) is 0 Å². The second-order valence-corrected chi connectivity index (χ2v) is 13.0. The van der Waals surface area contributed by atoms with Crippen molar-refractivity contribution in [3.63, 3.8) is 0 Å². The van der Waals surface area contributed by atoms with Crippen LogP contribution in [0, 0.1) is 22.7 Å². The SMILES string of the molecule is C[C@H]1c2c(Nc3ccc(C(C)(C)C)cc3)csc2CC2C1C(C)(C)CCC2(C)C. The first-order valence-electron chi connectivity index (χ1n) is 11.4. The average Bonchev–Trinajstić information content (AvgIpc) is 3.02. The molecule has 2 aliphatic rings. The van der Waals surface area contributed by atoms with Gasteiger partial charge in [-0.2, -0.15) is 0 Å².